The molecule has 0 radical (unpaired) electrons. The van der Waals surface area contributed by atoms with Crippen LogP contribution in [0, 0.1) is 0 Å². The molecule has 1 heterocycles. The number of hydrogen-bond donors (Lipinski definition) is 1. The number of nitrogens with two attached hydrogens (primary N) is 1. The fraction of sp³-hybridized carbons (Fsp3) is 0.765. The van der Waals surface area contributed by atoms with Crippen molar-refractivity contribution in [2.24, 2.45) is 15.7 Å². The van der Waals surface area contributed by atoms with Crippen molar-refractivity contribution < 1.29 is 8.78 Å². The molecule has 130 valence electrons. The molecule has 0 aromatic heterocycles. The third-order valence-electron chi connectivity index (χ3n) is 4.76. The predicted molar refractivity (Wildman–Crippen MR) is 91.3 cm³/mol. The van der Waals surface area contributed by atoms with E-state index in [0.29, 0.717) is 30.7 Å². The summed E-state index contributed by atoms with van der Waals surface area (Å²) in [4.78, 5) is 10.9. The van der Waals surface area contributed by atoms with Gasteiger partial charge in [-0.25, -0.2) is 8.78 Å². The molecular weight excluding hydrogens is 298 g/mol. The second-order valence-electron chi connectivity index (χ2n) is 6.54. The first-order chi connectivity index (χ1) is 10.9. The van der Waals surface area contributed by atoms with Gasteiger partial charge in [-0.1, -0.05) is 13.5 Å². The molecule has 2 aliphatic rings. The van der Waals surface area contributed by atoms with Crippen molar-refractivity contribution in [2.75, 3.05) is 13.1 Å². The number of alkyl halides is 2. The van der Waals surface area contributed by atoms with Gasteiger partial charge in [0.05, 0.1) is 11.7 Å². The van der Waals surface area contributed by atoms with Crippen LogP contribution < -0.4 is 5.73 Å². The van der Waals surface area contributed by atoms with Crippen LogP contribution in [-0.4, -0.2) is 48.0 Å². The van der Waals surface area contributed by atoms with E-state index in [2.05, 4.69) is 21.5 Å². The van der Waals surface area contributed by atoms with Crippen LogP contribution in [0.2, 0.25) is 0 Å². The molecule has 1 aliphatic carbocycles. The van der Waals surface area contributed by atoms with Crippen molar-refractivity contribution in [3.05, 3.63) is 12.3 Å². The van der Waals surface area contributed by atoms with Crippen LogP contribution in [0.3, 0.4) is 0 Å². The van der Waals surface area contributed by atoms with Crippen molar-refractivity contribution in [1.29, 1.82) is 0 Å². The number of hydrogen-bond acceptors (Lipinski definition) is 3. The summed E-state index contributed by atoms with van der Waals surface area (Å²) in [6, 6.07) is 0.617. The maximum atomic E-state index is 13.2. The minimum Gasteiger partial charge on any atom is -0.382 e. The second-order valence-corrected chi connectivity index (χ2v) is 6.54. The van der Waals surface area contributed by atoms with Gasteiger partial charge in [-0.05, 0) is 32.1 Å². The van der Waals surface area contributed by atoms with Gasteiger partial charge in [0.2, 0.25) is 0 Å². The van der Waals surface area contributed by atoms with Crippen LogP contribution >= 0.6 is 0 Å². The Morgan fingerprint density at radius 3 is 2.43 bits per heavy atom. The summed E-state index contributed by atoms with van der Waals surface area (Å²) >= 11 is 0. The molecule has 1 saturated carbocycles. The van der Waals surface area contributed by atoms with Crippen molar-refractivity contribution >= 4 is 12.1 Å². The van der Waals surface area contributed by atoms with Crippen LogP contribution in [0.5, 0.6) is 0 Å². The highest BCUT2D eigenvalue weighted by molar-refractivity contribution is 5.97. The lowest BCUT2D eigenvalue weighted by Gasteiger charge is -2.40. The van der Waals surface area contributed by atoms with Crippen molar-refractivity contribution in [3.8, 4) is 0 Å². The van der Waals surface area contributed by atoms with E-state index in [0.717, 1.165) is 32.1 Å². The zero-order valence-electron chi connectivity index (χ0n) is 14.0. The quantitative estimate of drug-likeness (QED) is 0.622. The number of halogens is 2. The van der Waals surface area contributed by atoms with E-state index in [1.165, 1.54) is 0 Å². The first kappa shape index (κ1) is 18.0. The van der Waals surface area contributed by atoms with E-state index in [1.807, 2.05) is 6.92 Å². The third-order valence-corrected chi connectivity index (χ3v) is 4.76. The number of amidine groups is 1. The van der Waals surface area contributed by atoms with Gasteiger partial charge in [0.25, 0.3) is 5.92 Å². The molecular formula is C17H28F2N4. The van der Waals surface area contributed by atoms with Crippen LogP contribution in [-0.2, 0) is 0 Å². The third kappa shape index (κ3) is 5.37. The lowest BCUT2D eigenvalue weighted by Crippen LogP contribution is -2.46. The van der Waals surface area contributed by atoms with Gasteiger partial charge in [0, 0.05) is 38.2 Å². The summed E-state index contributed by atoms with van der Waals surface area (Å²) in [5.74, 6) is -2.05. The lowest BCUT2D eigenvalue weighted by molar-refractivity contribution is -0.0659. The average Bonchev–Trinajstić information content (AvgIpc) is 2.53. The highest BCUT2D eigenvalue weighted by Crippen LogP contribution is 2.32. The molecule has 23 heavy (non-hydrogen) atoms. The summed E-state index contributed by atoms with van der Waals surface area (Å²) in [5.41, 5.74) is 6.46. The molecule has 0 bridgehead atoms. The standard InChI is InChI=1S/C17H28F2N4/c1-3-10-21-13(2)16(20)22-14-4-6-15(7-5-14)23-11-8-17(18,19)9-12-23/h10,14-15H,2-9,11-12H2,1H3,(H2,20,22). The smallest absolute Gasteiger partial charge is 0.250 e. The molecule has 1 saturated heterocycles. The van der Waals surface area contributed by atoms with E-state index >= 15 is 0 Å². The number of nitrogens with zero attached hydrogens (tertiary/aromatic N) is 3. The largest absolute Gasteiger partial charge is 0.382 e. The minimum atomic E-state index is -2.47. The molecule has 6 heteroatoms. The fourth-order valence-electron chi connectivity index (χ4n) is 3.31. The van der Waals surface area contributed by atoms with E-state index in [1.54, 1.807) is 6.21 Å². The van der Waals surface area contributed by atoms with Crippen LogP contribution in [0.1, 0.15) is 51.9 Å². The first-order valence-corrected chi connectivity index (χ1v) is 8.58. The molecule has 2 fully saturated rings. The zero-order valence-corrected chi connectivity index (χ0v) is 14.0. The molecule has 2 N–H and O–H groups in total. The van der Waals surface area contributed by atoms with Crippen LogP contribution in [0.15, 0.2) is 22.3 Å². The Balaban J connectivity index is 1.80. The lowest BCUT2D eigenvalue weighted by atomic mass is 9.89. The second kappa shape index (κ2) is 7.99. The minimum absolute atomic E-state index is 0.00666. The number of likely N-dealkylation sites (tertiary alicyclic amines) is 1. The van der Waals surface area contributed by atoms with Gasteiger partial charge < -0.3 is 5.73 Å². The number of rotatable bonds is 5. The molecule has 0 atom stereocenters. The van der Waals surface area contributed by atoms with Gasteiger partial charge in [-0.2, -0.15) is 0 Å². The van der Waals surface area contributed by atoms with Gasteiger partial charge in [0.15, 0.2) is 0 Å². The fourth-order valence-corrected chi connectivity index (χ4v) is 3.31. The van der Waals surface area contributed by atoms with Gasteiger partial charge in [-0.3, -0.25) is 14.9 Å². The maximum absolute atomic E-state index is 13.2. The maximum Gasteiger partial charge on any atom is 0.250 e. The molecule has 0 aromatic rings. The molecule has 1 aliphatic heterocycles. The molecule has 4 nitrogen and oxygen atoms in total. The summed E-state index contributed by atoms with van der Waals surface area (Å²) < 4.78 is 26.5. The first-order valence-electron chi connectivity index (χ1n) is 8.58. The molecule has 0 unspecified atom stereocenters. The SMILES string of the molecule is C=C(N=CCC)C(N)=NC1CCC(N2CCC(F)(F)CC2)CC1. The normalized spacial score (nSPS) is 29.8. The Morgan fingerprint density at radius 2 is 1.87 bits per heavy atom. The topological polar surface area (TPSA) is 54.0 Å². The molecule has 2 rings (SSSR count). The zero-order chi connectivity index (χ0) is 16.9. The van der Waals surface area contributed by atoms with E-state index < -0.39 is 5.92 Å². The average molecular weight is 326 g/mol. The molecule has 0 aromatic carbocycles. The summed E-state index contributed by atoms with van der Waals surface area (Å²) in [6.45, 7) is 6.85. The molecule has 0 amide bonds. The van der Waals surface area contributed by atoms with Crippen molar-refractivity contribution in [1.82, 2.24) is 4.90 Å². The van der Waals surface area contributed by atoms with Gasteiger partial charge in [0.1, 0.15) is 5.84 Å². The van der Waals surface area contributed by atoms with E-state index in [-0.39, 0.29) is 18.9 Å². The predicted octanol–water partition coefficient (Wildman–Crippen LogP) is 3.38. The van der Waals surface area contributed by atoms with Crippen molar-refractivity contribution in [3.63, 3.8) is 0 Å². The number of piperidine rings is 1. The highest BCUT2D eigenvalue weighted by Gasteiger charge is 2.37. The van der Waals surface area contributed by atoms with Crippen molar-refractivity contribution in [2.45, 2.75) is 69.9 Å². The van der Waals surface area contributed by atoms with Crippen LogP contribution in [0.4, 0.5) is 8.78 Å². The van der Waals surface area contributed by atoms with Gasteiger partial charge >= 0.3 is 0 Å². The summed E-state index contributed by atoms with van der Waals surface area (Å²) in [7, 11) is 0. The summed E-state index contributed by atoms with van der Waals surface area (Å²) in [5, 5.41) is 0. The van der Waals surface area contributed by atoms with Crippen LogP contribution in [0.25, 0.3) is 0 Å². The molecule has 0 spiro atoms. The Morgan fingerprint density at radius 1 is 1.26 bits per heavy atom. The summed E-state index contributed by atoms with van der Waals surface area (Å²) in [6.07, 6.45) is 6.49. The Labute approximate surface area is 137 Å². The Bertz CT molecular complexity index is 455. The van der Waals surface area contributed by atoms with E-state index in [4.69, 9.17) is 5.73 Å². The van der Waals surface area contributed by atoms with E-state index in [9.17, 15) is 8.78 Å². The monoisotopic (exact) mass is 326 g/mol. The number of aliphatic imine (C=N–C) groups is 2. The Hall–Kier alpha value is -1.30. The highest BCUT2D eigenvalue weighted by atomic mass is 19.3. The Kier molecular flexibility index (Phi) is 6.27. The van der Waals surface area contributed by atoms with Gasteiger partial charge in [-0.15, -0.1) is 0 Å².